The van der Waals surface area contributed by atoms with E-state index in [0.717, 1.165) is 142 Å². The van der Waals surface area contributed by atoms with Crippen molar-refractivity contribution < 1.29 is 19.1 Å². The molecule has 0 aliphatic carbocycles. The molecule has 1 aliphatic rings. The summed E-state index contributed by atoms with van der Waals surface area (Å²) in [7, 11) is 2.09. The molecule has 10 nitrogen and oxygen atoms in total. The summed E-state index contributed by atoms with van der Waals surface area (Å²) in [5.74, 6) is -0.0452. The van der Waals surface area contributed by atoms with Gasteiger partial charge in [-0.15, -0.1) is 0 Å². The van der Waals surface area contributed by atoms with Gasteiger partial charge in [-0.3, -0.25) is 19.2 Å². The first-order chi connectivity index (χ1) is 31.3. The van der Waals surface area contributed by atoms with E-state index in [0.29, 0.717) is 37.4 Å². The molecule has 1 aromatic rings. The molecule has 1 N–H and O–H groups in total. The van der Waals surface area contributed by atoms with Gasteiger partial charge in [0, 0.05) is 45.6 Å². The lowest BCUT2D eigenvalue weighted by Crippen LogP contribution is -2.50. The molecule has 1 saturated heterocycles. The fourth-order valence-corrected chi connectivity index (χ4v) is 9.13. The SMILES string of the molecule is CCCCCCCCCOC(=O)CCCCCCCN(CCCCCCCC(=O)OC(CCCCCCCC)CCCCCCCC)CCCNc1c(N2CCN(C)CC2)c(=O)c1=O. The number of nitrogens with zero attached hydrogens (tertiary/aromatic N) is 3. The molecule has 1 aliphatic heterocycles. The van der Waals surface area contributed by atoms with E-state index >= 15 is 0 Å². The van der Waals surface area contributed by atoms with Gasteiger partial charge in [-0.05, 0) is 90.9 Å². The van der Waals surface area contributed by atoms with Crippen LogP contribution in [0.3, 0.4) is 0 Å². The Morgan fingerprint density at radius 1 is 0.531 bits per heavy atom. The highest BCUT2D eigenvalue weighted by atomic mass is 16.5. The van der Waals surface area contributed by atoms with Gasteiger partial charge in [-0.1, -0.05) is 162 Å². The largest absolute Gasteiger partial charge is 0.466 e. The Hall–Kier alpha value is -2.46. The predicted octanol–water partition coefficient (Wildman–Crippen LogP) is 12.5. The molecule has 0 unspecified atom stereocenters. The fraction of sp³-hybridized carbons (Fsp3) is 0.889. The molecule has 2 rings (SSSR count). The number of hydrogen-bond acceptors (Lipinski definition) is 10. The number of likely N-dealkylation sites (N-methyl/N-ethyl adjacent to an activating group) is 1. The first-order valence-electron chi connectivity index (χ1n) is 27.4. The Labute approximate surface area is 392 Å². The Morgan fingerprint density at radius 3 is 1.50 bits per heavy atom. The van der Waals surface area contributed by atoms with Crippen LogP contribution < -0.4 is 21.1 Å². The molecule has 0 atom stereocenters. The smallest absolute Gasteiger partial charge is 0.306 e. The van der Waals surface area contributed by atoms with Crippen molar-refractivity contribution in [2.75, 3.05) is 76.2 Å². The van der Waals surface area contributed by atoms with Gasteiger partial charge in [-0.2, -0.15) is 0 Å². The van der Waals surface area contributed by atoms with Gasteiger partial charge >= 0.3 is 11.9 Å². The summed E-state index contributed by atoms with van der Waals surface area (Å²) in [5.41, 5.74) is 0.382. The molecule has 64 heavy (non-hydrogen) atoms. The van der Waals surface area contributed by atoms with Crippen molar-refractivity contribution in [1.82, 2.24) is 9.80 Å². The fourth-order valence-electron chi connectivity index (χ4n) is 9.13. The summed E-state index contributed by atoms with van der Waals surface area (Å²) in [5, 5.41) is 3.34. The Kier molecular flexibility index (Phi) is 35.8. The number of anilines is 2. The summed E-state index contributed by atoms with van der Waals surface area (Å²) in [6, 6.07) is 0. The average Bonchev–Trinajstić information content (AvgIpc) is 3.29. The van der Waals surface area contributed by atoms with E-state index in [-0.39, 0.29) is 28.9 Å². The number of carbonyl (C=O) groups is 2. The van der Waals surface area contributed by atoms with Crippen LogP contribution in [0.5, 0.6) is 0 Å². The van der Waals surface area contributed by atoms with E-state index in [4.69, 9.17) is 9.47 Å². The van der Waals surface area contributed by atoms with Gasteiger partial charge in [0.25, 0.3) is 10.9 Å². The minimum absolute atomic E-state index is 0.000121. The second-order valence-electron chi connectivity index (χ2n) is 19.4. The van der Waals surface area contributed by atoms with E-state index in [1.807, 2.05) is 0 Å². The molecule has 372 valence electrons. The van der Waals surface area contributed by atoms with E-state index in [1.54, 1.807) is 0 Å². The van der Waals surface area contributed by atoms with Crippen molar-refractivity contribution >= 4 is 23.3 Å². The van der Waals surface area contributed by atoms with Crippen molar-refractivity contribution in [2.24, 2.45) is 0 Å². The predicted molar refractivity (Wildman–Crippen MR) is 271 cm³/mol. The highest BCUT2D eigenvalue weighted by molar-refractivity contribution is 5.75. The second kappa shape index (κ2) is 39.7. The van der Waals surface area contributed by atoms with Gasteiger partial charge in [0.1, 0.15) is 17.5 Å². The zero-order chi connectivity index (χ0) is 46.3. The summed E-state index contributed by atoms with van der Waals surface area (Å²) in [6.07, 6.45) is 38.6. The number of piperazine rings is 1. The van der Waals surface area contributed by atoms with E-state index in [1.165, 1.54) is 109 Å². The minimum atomic E-state index is -0.373. The standard InChI is InChI=1S/C54H100N4O6/c1-5-8-11-14-17-26-33-47-63-49(59)37-29-22-18-24-31-40-57(42-34-39-55-51-52(54(62)53(51)61)58-45-43-56(4)44-46-58)41-32-25-19-23-30-38-50(60)64-48(35-27-20-15-12-9-6-2)36-28-21-16-13-10-7-3/h48,55H,5-47H2,1-4H3. The molecule has 0 radical (unpaired) electrons. The van der Waals surface area contributed by atoms with Crippen LogP contribution in [0.4, 0.5) is 11.4 Å². The van der Waals surface area contributed by atoms with Crippen LogP contribution in [0.15, 0.2) is 9.59 Å². The summed E-state index contributed by atoms with van der Waals surface area (Å²) in [6.45, 7) is 14.4. The maximum atomic E-state index is 12.9. The zero-order valence-electron chi connectivity index (χ0n) is 42.3. The lowest BCUT2D eigenvalue weighted by atomic mass is 10.0. The first-order valence-corrected chi connectivity index (χ1v) is 27.4. The number of nitrogens with one attached hydrogen (secondary N) is 1. The van der Waals surface area contributed by atoms with Crippen molar-refractivity contribution in [2.45, 2.75) is 245 Å². The van der Waals surface area contributed by atoms with Crippen LogP contribution in [0, 0.1) is 0 Å². The van der Waals surface area contributed by atoms with Gasteiger partial charge in [0.05, 0.1) is 6.61 Å². The number of hydrogen-bond donors (Lipinski definition) is 1. The van der Waals surface area contributed by atoms with Crippen LogP contribution in [0.25, 0.3) is 0 Å². The number of unbranched alkanes of at least 4 members (excludes halogenated alkanes) is 24. The minimum Gasteiger partial charge on any atom is -0.466 e. The summed E-state index contributed by atoms with van der Waals surface area (Å²) < 4.78 is 11.6. The van der Waals surface area contributed by atoms with E-state index in [2.05, 4.69) is 47.8 Å². The molecule has 1 aromatic carbocycles. The van der Waals surface area contributed by atoms with Gasteiger partial charge in [0.2, 0.25) is 0 Å². The van der Waals surface area contributed by atoms with E-state index in [9.17, 15) is 19.2 Å². The van der Waals surface area contributed by atoms with Gasteiger partial charge < -0.3 is 29.5 Å². The molecule has 1 fully saturated rings. The highest BCUT2D eigenvalue weighted by Crippen LogP contribution is 2.22. The third-order valence-electron chi connectivity index (χ3n) is 13.4. The lowest BCUT2D eigenvalue weighted by molar-refractivity contribution is -0.150. The molecular weight excluding hydrogens is 801 g/mol. The Balaban J connectivity index is 1.72. The molecule has 0 bridgehead atoms. The average molecular weight is 901 g/mol. The maximum Gasteiger partial charge on any atom is 0.306 e. The molecule has 0 saturated carbocycles. The van der Waals surface area contributed by atoms with Crippen molar-refractivity contribution in [1.29, 1.82) is 0 Å². The number of esters is 2. The summed E-state index contributed by atoms with van der Waals surface area (Å²) in [4.78, 5) is 57.0. The molecule has 0 aromatic heterocycles. The molecule has 0 amide bonds. The Bertz CT molecular complexity index is 1320. The van der Waals surface area contributed by atoms with Crippen LogP contribution in [0.1, 0.15) is 239 Å². The number of ether oxygens (including phenoxy) is 2. The van der Waals surface area contributed by atoms with Crippen LogP contribution in [-0.4, -0.2) is 93.9 Å². The summed E-state index contributed by atoms with van der Waals surface area (Å²) >= 11 is 0. The normalized spacial score (nSPS) is 13.4. The van der Waals surface area contributed by atoms with Crippen LogP contribution in [0.2, 0.25) is 0 Å². The second-order valence-corrected chi connectivity index (χ2v) is 19.4. The molecular formula is C54H100N4O6. The van der Waals surface area contributed by atoms with Crippen LogP contribution in [-0.2, 0) is 19.1 Å². The van der Waals surface area contributed by atoms with Crippen molar-refractivity contribution in [3.05, 3.63) is 20.4 Å². The molecule has 10 heteroatoms. The van der Waals surface area contributed by atoms with Crippen molar-refractivity contribution in [3.8, 4) is 0 Å². The third kappa shape index (κ3) is 28.5. The number of rotatable bonds is 45. The zero-order valence-corrected chi connectivity index (χ0v) is 42.3. The highest BCUT2D eigenvalue weighted by Gasteiger charge is 2.27. The van der Waals surface area contributed by atoms with Gasteiger partial charge in [0.15, 0.2) is 0 Å². The third-order valence-corrected chi connectivity index (χ3v) is 13.4. The van der Waals surface area contributed by atoms with Gasteiger partial charge in [-0.25, -0.2) is 0 Å². The quantitative estimate of drug-likeness (QED) is 0.0386. The number of carbonyl (C=O) groups excluding carboxylic acids is 2. The maximum absolute atomic E-state index is 12.9. The van der Waals surface area contributed by atoms with Crippen LogP contribution >= 0.6 is 0 Å². The molecule has 1 heterocycles. The first kappa shape index (κ1) is 57.7. The van der Waals surface area contributed by atoms with E-state index < -0.39 is 0 Å². The topological polar surface area (TPSA) is 108 Å². The Morgan fingerprint density at radius 2 is 0.969 bits per heavy atom. The molecule has 0 spiro atoms. The van der Waals surface area contributed by atoms with Crippen molar-refractivity contribution in [3.63, 3.8) is 0 Å². The lowest BCUT2D eigenvalue weighted by Gasteiger charge is -2.35. The monoisotopic (exact) mass is 901 g/mol.